The van der Waals surface area contributed by atoms with Crippen molar-refractivity contribution in [3.05, 3.63) is 101 Å². The Bertz CT molecular complexity index is 2130. The lowest BCUT2D eigenvalue weighted by molar-refractivity contribution is -0.151. The second kappa shape index (κ2) is 20.2. The fourth-order valence-corrected chi connectivity index (χ4v) is 12.6. The largest absolute Gasteiger partial charge is 0.491 e. The van der Waals surface area contributed by atoms with Gasteiger partial charge in [0.15, 0.2) is 0 Å². The van der Waals surface area contributed by atoms with Gasteiger partial charge in [0, 0.05) is 11.8 Å². The summed E-state index contributed by atoms with van der Waals surface area (Å²) in [5, 5.41) is 0. The molecule has 5 aliphatic rings. The van der Waals surface area contributed by atoms with Crippen molar-refractivity contribution in [1.82, 2.24) is 0 Å². The van der Waals surface area contributed by atoms with Gasteiger partial charge in [-0.05, 0) is 171 Å². The Morgan fingerprint density at radius 2 is 1.32 bits per heavy atom. The number of benzene rings is 3. The summed E-state index contributed by atoms with van der Waals surface area (Å²) in [7, 11) is 0. The topological polar surface area (TPSA) is 107 Å². The third kappa shape index (κ3) is 10.4. The van der Waals surface area contributed by atoms with Crippen LogP contribution in [-0.4, -0.2) is 57.0 Å². The summed E-state index contributed by atoms with van der Waals surface area (Å²) >= 11 is 0. The van der Waals surface area contributed by atoms with E-state index >= 15 is 0 Å². The molecule has 9 heteroatoms. The fourth-order valence-electron chi connectivity index (χ4n) is 12.6. The van der Waals surface area contributed by atoms with Crippen molar-refractivity contribution >= 4 is 17.9 Å². The van der Waals surface area contributed by atoms with Crippen LogP contribution in [0.3, 0.4) is 0 Å². The number of fused-ring (bicyclic) bond motifs is 5. The molecule has 1 saturated heterocycles. The van der Waals surface area contributed by atoms with Gasteiger partial charge in [-0.15, -0.1) is 0 Å². The van der Waals surface area contributed by atoms with Crippen molar-refractivity contribution < 1.29 is 42.8 Å². The van der Waals surface area contributed by atoms with Crippen molar-refractivity contribution in [3.63, 3.8) is 0 Å². The predicted octanol–water partition coefficient (Wildman–Crippen LogP) is 12.5. The van der Waals surface area contributed by atoms with Gasteiger partial charge >= 0.3 is 17.9 Å². The minimum atomic E-state index is -0.576. The summed E-state index contributed by atoms with van der Waals surface area (Å²) in [5.74, 6) is 4.57. The standard InChI is InChI=1S/C56H72O9/c1-7-56(35-61-36-56)34-60-31-32-62-43-20-22-45(23-21-43)64-52(58)41-15-18-44(19-16-41)63-51(57)39-11-13-40(14-12-39)53(59)65-46-27-29-54(5)42(33-46)17-24-47-49-26-25-48(38(4)10-8-9-37(2)3)55(49,6)30-28-50(47)54/h11-23,37-38,46-50H,7-10,24-36H2,1-6H3. The van der Waals surface area contributed by atoms with Crippen molar-refractivity contribution in [2.75, 3.05) is 33.0 Å². The second-order valence-corrected chi connectivity index (χ2v) is 21.2. The fraction of sp³-hybridized carbons (Fsp3) is 0.589. The first-order chi connectivity index (χ1) is 31.3. The highest BCUT2D eigenvalue weighted by Gasteiger charge is 2.59. The van der Waals surface area contributed by atoms with Crippen molar-refractivity contribution in [1.29, 1.82) is 0 Å². The number of allylic oxidation sites excluding steroid dienone is 1. The van der Waals surface area contributed by atoms with E-state index in [1.54, 1.807) is 72.8 Å². The van der Waals surface area contributed by atoms with Crippen LogP contribution in [0.25, 0.3) is 0 Å². The predicted molar refractivity (Wildman–Crippen MR) is 251 cm³/mol. The molecular formula is C56H72O9. The van der Waals surface area contributed by atoms with E-state index in [4.69, 9.17) is 28.4 Å². The third-order valence-corrected chi connectivity index (χ3v) is 16.7. The van der Waals surface area contributed by atoms with E-state index < -0.39 is 11.9 Å². The maximum absolute atomic E-state index is 13.4. The Morgan fingerprint density at radius 3 is 1.94 bits per heavy atom. The Labute approximate surface area is 387 Å². The molecule has 0 amide bonds. The van der Waals surface area contributed by atoms with Gasteiger partial charge in [0.05, 0.1) is 43.1 Å². The first-order valence-corrected chi connectivity index (χ1v) is 24.7. The van der Waals surface area contributed by atoms with Crippen LogP contribution in [0.5, 0.6) is 17.2 Å². The molecule has 3 aromatic rings. The highest BCUT2D eigenvalue weighted by molar-refractivity contribution is 5.94. The molecule has 0 aromatic heterocycles. The quantitative estimate of drug-likeness (QED) is 0.0534. The minimum Gasteiger partial charge on any atom is -0.491 e. The molecule has 8 rings (SSSR count). The lowest BCUT2D eigenvalue weighted by Gasteiger charge is -2.58. The highest BCUT2D eigenvalue weighted by Crippen LogP contribution is 2.67. The molecule has 350 valence electrons. The molecule has 8 unspecified atom stereocenters. The van der Waals surface area contributed by atoms with Gasteiger partial charge in [-0.3, -0.25) is 0 Å². The van der Waals surface area contributed by atoms with Gasteiger partial charge in [-0.25, -0.2) is 14.4 Å². The zero-order valence-electron chi connectivity index (χ0n) is 39.7. The number of rotatable bonds is 18. The average molecular weight is 889 g/mol. The van der Waals surface area contributed by atoms with Crippen LogP contribution >= 0.6 is 0 Å². The van der Waals surface area contributed by atoms with E-state index in [-0.39, 0.29) is 28.7 Å². The van der Waals surface area contributed by atoms with Crippen LogP contribution in [-0.2, 0) is 14.2 Å². The first kappa shape index (κ1) is 47.0. The van der Waals surface area contributed by atoms with Crippen molar-refractivity contribution in [2.24, 2.45) is 51.8 Å². The number of carbonyl (C=O) groups excluding carboxylic acids is 3. The maximum atomic E-state index is 13.4. The molecule has 4 fully saturated rings. The second-order valence-electron chi connectivity index (χ2n) is 21.2. The lowest BCUT2D eigenvalue weighted by Crippen LogP contribution is -2.51. The Kier molecular flexibility index (Phi) is 14.6. The molecule has 3 aromatic carbocycles. The van der Waals surface area contributed by atoms with Crippen LogP contribution in [0.2, 0.25) is 0 Å². The zero-order chi connectivity index (χ0) is 45.8. The highest BCUT2D eigenvalue weighted by atomic mass is 16.6. The maximum Gasteiger partial charge on any atom is 0.343 e. The Hall–Kier alpha value is -4.47. The number of esters is 3. The van der Waals surface area contributed by atoms with Crippen LogP contribution < -0.4 is 14.2 Å². The Morgan fingerprint density at radius 1 is 0.708 bits per heavy atom. The van der Waals surface area contributed by atoms with Crippen LogP contribution in [0.1, 0.15) is 150 Å². The smallest absolute Gasteiger partial charge is 0.343 e. The van der Waals surface area contributed by atoms with E-state index in [1.807, 2.05) is 0 Å². The van der Waals surface area contributed by atoms with E-state index in [2.05, 4.69) is 47.6 Å². The summed E-state index contributed by atoms with van der Waals surface area (Å²) in [5.41, 5.74) is 3.30. The molecule has 1 heterocycles. The van der Waals surface area contributed by atoms with Gasteiger partial charge in [-0.1, -0.05) is 72.5 Å². The van der Waals surface area contributed by atoms with Crippen LogP contribution in [0.4, 0.5) is 0 Å². The molecular weight excluding hydrogens is 817 g/mol. The van der Waals surface area contributed by atoms with Crippen molar-refractivity contribution in [2.45, 2.75) is 125 Å². The number of hydrogen-bond donors (Lipinski definition) is 0. The molecule has 0 N–H and O–H groups in total. The summed E-state index contributed by atoms with van der Waals surface area (Å²) in [6.07, 6.45) is 16.9. The van der Waals surface area contributed by atoms with E-state index in [0.717, 1.165) is 68.5 Å². The van der Waals surface area contributed by atoms with Crippen LogP contribution in [0.15, 0.2) is 84.4 Å². The molecule has 9 nitrogen and oxygen atoms in total. The van der Waals surface area contributed by atoms with E-state index in [9.17, 15) is 14.4 Å². The zero-order valence-corrected chi connectivity index (χ0v) is 39.7. The molecule has 3 saturated carbocycles. The monoisotopic (exact) mass is 889 g/mol. The number of hydrogen-bond acceptors (Lipinski definition) is 9. The van der Waals surface area contributed by atoms with Gasteiger partial charge in [0.1, 0.15) is 30.0 Å². The summed E-state index contributed by atoms with van der Waals surface area (Å²) in [6, 6.07) is 19.4. The molecule has 0 spiro atoms. The van der Waals surface area contributed by atoms with E-state index in [1.165, 1.54) is 56.9 Å². The first-order valence-electron chi connectivity index (χ1n) is 24.7. The normalized spacial score (nSPS) is 28.1. The molecule has 0 radical (unpaired) electrons. The minimum absolute atomic E-state index is 0.143. The molecule has 8 atom stereocenters. The van der Waals surface area contributed by atoms with Gasteiger partial charge in [0.2, 0.25) is 0 Å². The van der Waals surface area contributed by atoms with Gasteiger partial charge in [0.25, 0.3) is 0 Å². The van der Waals surface area contributed by atoms with Crippen molar-refractivity contribution in [3.8, 4) is 17.2 Å². The van der Waals surface area contributed by atoms with Crippen LogP contribution in [0, 0.1) is 51.8 Å². The molecule has 4 aliphatic carbocycles. The molecule has 0 bridgehead atoms. The van der Waals surface area contributed by atoms with E-state index in [0.29, 0.717) is 59.3 Å². The SMILES string of the molecule is CCC1(COCCOc2ccc(OC(=O)c3ccc(OC(=O)c4ccc(C(=O)OC5CCC6(C)C(=CCC7C6CCC6(C)C(C(C)CCCC(C)C)CCC76)C5)cc4)cc3)cc2)COC1. The Balaban J connectivity index is 0.773. The lowest BCUT2D eigenvalue weighted by atomic mass is 9.47. The van der Waals surface area contributed by atoms with Gasteiger partial charge in [-0.2, -0.15) is 0 Å². The summed E-state index contributed by atoms with van der Waals surface area (Å²) in [6.45, 7) is 17.6. The summed E-state index contributed by atoms with van der Waals surface area (Å²) in [4.78, 5) is 39.3. The summed E-state index contributed by atoms with van der Waals surface area (Å²) < 4.78 is 34.2. The number of ether oxygens (including phenoxy) is 6. The van der Waals surface area contributed by atoms with Gasteiger partial charge < -0.3 is 28.4 Å². The number of carbonyl (C=O) groups is 3. The average Bonchev–Trinajstić information content (AvgIpc) is 3.65. The molecule has 65 heavy (non-hydrogen) atoms. The molecule has 1 aliphatic heterocycles. The third-order valence-electron chi connectivity index (χ3n) is 16.7.